The van der Waals surface area contributed by atoms with Gasteiger partial charge in [0.2, 0.25) is 0 Å². The molecule has 0 aliphatic heterocycles. The zero-order chi connectivity index (χ0) is 20.8. The molecular weight excluding hydrogens is 432 g/mol. The molecule has 0 spiro atoms. The van der Waals surface area contributed by atoms with Gasteiger partial charge in [0.15, 0.2) is 0 Å². The number of esters is 1. The molecule has 0 amide bonds. The van der Waals surface area contributed by atoms with Crippen LogP contribution in [-0.2, 0) is 21.8 Å². The van der Waals surface area contributed by atoms with Crippen LogP contribution in [0.5, 0.6) is 11.5 Å². The van der Waals surface area contributed by atoms with E-state index in [2.05, 4.69) is 4.99 Å². The molecule has 3 aromatic carbocycles. The van der Waals surface area contributed by atoms with Gasteiger partial charge in [0.1, 0.15) is 17.2 Å². The fraction of sp³-hybridized carbons (Fsp3) is 0.217. The average molecular weight is 456 g/mol. The molecular formula is C23H24CuN2O4. The summed E-state index contributed by atoms with van der Waals surface area (Å²) in [5.41, 5.74) is 1.07. The number of carbonyl (C=O) groups is 1. The quantitative estimate of drug-likeness (QED) is 0.242. The van der Waals surface area contributed by atoms with Crippen LogP contribution < -0.4 is 0 Å². The topological polar surface area (TPSA) is 82.4 Å². The van der Waals surface area contributed by atoms with Crippen molar-refractivity contribution < 1.29 is 36.8 Å². The van der Waals surface area contributed by atoms with E-state index in [1.54, 1.807) is 6.07 Å². The SMILES string of the molecule is CN(C)CCCOC(=O)c1ccc(O)c(N=Cc2c(O)ccc3ccccc23)c1.[Cu]. The van der Waals surface area contributed by atoms with Gasteiger partial charge in [-0.2, -0.15) is 0 Å². The summed E-state index contributed by atoms with van der Waals surface area (Å²) in [7, 11) is 3.92. The molecule has 0 saturated heterocycles. The van der Waals surface area contributed by atoms with Crippen molar-refractivity contribution in [2.45, 2.75) is 6.42 Å². The Kier molecular flexibility index (Phi) is 8.42. The van der Waals surface area contributed by atoms with Crippen LogP contribution in [0, 0.1) is 0 Å². The van der Waals surface area contributed by atoms with Crippen LogP contribution in [0.1, 0.15) is 22.3 Å². The monoisotopic (exact) mass is 455 g/mol. The smallest absolute Gasteiger partial charge is 0.338 e. The Morgan fingerprint density at radius 3 is 2.57 bits per heavy atom. The number of aromatic hydroxyl groups is 2. The average Bonchev–Trinajstić information content (AvgIpc) is 2.71. The Morgan fingerprint density at radius 2 is 1.80 bits per heavy atom. The maximum absolute atomic E-state index is 12.2. The van der Waals surface area contributed by atoms with Gasteiger partial charge in [-0.25, -0.2) is 4.79 Å². The number of phenolic OH excluding ortho intramolecular Hbond substituents is 2. The Balaban J connectivity index is 0.00000320. The first-order valence-electron chi connectivity index (χ1n) is 9.35. The van der Waals surface area contributed by atoms with Gasteiger partial charge in [0.25, 0.3) is 0 Å². The first-order chi connectivity index (χ1) is 14.0. The standard InChI is InChI=1S/C23H24N2O4.Cu/c1-25(2)12-5-13-29-23(28)17-9-11-22(27)20(14-17)24-15-19-18-7-4-3-6-16(18)8-10-21(19)26;/h3-4,6-11,14-15,26-27H,5,12-13H2,1-2H3;. The van der Waals surface area contributed by atoms with Crippen molar-refractivity contribution in [3.63, 3.8) is 0 Å². The number of aliphatic imine (C=N–C) groups is 1. The molecule has 7 heteroatoms. The third-order valence-corrected chi connectivity index (χ3v) is 4.47. The van der Waals surface area contributed by atoms with E-state index in [1.807, 2.05) is 49.3 Å². The normalized spacial score (nSPS) is 11.0. The van der Waals surface area contributed by atoms with Crippen LogP contribution in [0.2, 0.25) is 0 Å². The molecule has 161 valence electrons. The van der Waals surface area contributed by atoms with Gasteiger partial charge in [0.05, 0.1) is 12.2 Å². The van der Waals surface area contributed by atoms with Crippen LogP contribution in [0.15, 0.2) is 59.6 Å². The van der Waals surface area contributed by atoms with Gasteiger partial charge in [-0.3, -0.25) is 4.99 Å². The molecule has 0 atom stereocenters. The summed E-state index contributed by atoms with van der Waals surface area (Å²) in [6.45, 7) is 1.15. The van der Waals surface area contributed by atoms with Crippen LogP contribution in [0.4, 0.5) is 5.69 Å². The molecule has 0 unspecified atom stereocenters. The van der Waals surface area contributed by atoms with Crippen molar-refractivity contribution >= 4 is 28.6 Å². The van der Waals surface area contributed by atoms with Gasteiger partial charge in [0, 0.05) is 35.4 Å². The summed E-state index contributed by atoms with van der Waals surface area (Å²) < 4.78 is 5.27. The minimum absolute atomic E-state index is 0. The molecule has 0 aliphatic rings. The minimum Gasteiger partial charge on any atom is -0.507 e. The van der Waals surface area contributed by atoms with E-state index in [1.165, 1.54) is 24.4 Å². The zero-order valence-electron chi connectivity index (χ0n) is 16.8. The van der Waals surface area contributed by atoms with Crippen molar-refractivity contribution in [3.8, 4) is 11.5 Å². The Bertz CT molecular complexity index is 1050. The molecule has 2 N–H and O–H groups in total. The molecule has 0 aliphatic carbocycles. The predicted octanol–water partition coefficient (Wildman–Crippen LogP) is 4.11. The molecule has 6 nitrogen and oxygen atoms in total. The van der Waals surface area contributed by atoms with E-state index in [0.717, 1.165) is 23.7 Å². The minimum atomic E-state index is -0.465. The summed E-state index contributed by atoms with van der Waals surface area (Å²) in [6.07, 6.45) is 2.22. The first kappa shape index (κ1) is 23.4. The van der Waals surface area contributed by atoms with Crippen LogP contribution in [0.3, 0.4) is 0 Å². The fourth-order valence-corrected chi connectivity index (χ4v) is 2.94. The summed E-state index contributed by atoms with van der Waals surface area (Å²) in [5.74, 6) is -0.443. The summed E-state index contributed by atoms with van der Waals surface area (Å²) >= 11 is 0. The molecule has 0 aromatic heterocycles. The van der Waals surface area contributed by atoms with E-state index < -0.39 is 5.97 Å². The second-order valence-corrected chi connectivity index (χ2v) is 6.97. The summed E-state index contributed by atoms with van der Waals surface area (Å²) in [5, 5.41) is 22.1. The van der Waals surface area contributed by atoms with Crippen LogP contribution in [0.25, 0.3) is 10.8 Å². The Labute approximate surface area is 186 Å². The maximum atomic E-state index is 12.2. The van der Waals surface area contributed by atoms with Gasteiger partial charge < -0.3 is 19.8 Å². The molecule has 30 heavy (non-hydrogen) atoms. The van der Waals surface area contributed by atoms with E-state index in [9.17, 15) is 15.0 Å². The van der Waals surface area contributed by atoms with Crippen molar-refractivity contribution in [1.82, 2.24) is 4.90 Å². The maximum Gasteiger partial charge on any atom is 0.338 e. The number of hydrogen-bond acceptors (Lipinski definition) is 6. The Hall–Kier alpha value is -2.86. The molecule has 3 aromatic rings. The molecule has 0 bridgehead atoms. The molecule has 3 rings (SSSR count). The number of carbonyl (C=O) groups excluding carboxylic acids is 1. The molecule has 0 heterocycles. The van der Waals surface area contributed by atoms with Crippen molar-refractivity contribution in [2.75, 3.05) is 27.2 Å². The number of ether oxygens (including phenoxy) is 1. The molecule has 0 fully saturated rings. The molecule has 0 saturated carbocycles. The fourth-order valence-electron chi connectivity index (χ4n) is 2.94. The summed E-state index contributed by atoms with van der Waals surface area (Å²) in [4.78, 5) is 18.6. The van der Waals surface area contributed by atoms with E-state index in [0.29, 0.717) is 17.7 Å². The van der Waals surface area contributed by atoms with E-state index >= 15 is 0 Å². The van der Waals surface area contributed by atoms with Crippen molar-refractivity contribution in [2.24, 2.45) is 4.99 Å². The third-order valence-electron chi connectivity index (χ3n) is 4.47. The van der Waals surface area contributed by atoms with Crippen LogP contribution >= 0.6 is 0 Å². The Morgan fingerprint density at radius 1 is 1.07 bits per heavy atom. The number of rotatable bonds is 7. The second kappa shape index (κ2) is 10.8. The van der Waals surface area contributed by atoms with Crippen molar-refractivity contribution in [1.29, 1.82) is 0 Å². The third kappa shape index (κ3) is 5.83. The first-order valence-corrected chi connectivity index (χ1v) is 9.35. The van der Waals surface area contributed by atoms with Gasteiger partial charge in [-0.05, 0) is 55.6 Å². The largest absolute Gasteiger partial charge is 0.507 e. The van der Waals surface area contributed by atoms with Gasteiger partial charge in [-0.15, -0.1) is 0 Å². The molecule has 1 radical (unpaired) electrons. The second-order valence-electron chi connectivity index (χ2n) is 6.97. The number of nitrogens with zero attached hydrogens (tertiary/aromatic N) is 2. The van der Waals surface area contributed by atoms with E-state index in [-0.39, 0.29) is 34.3 Å². The van der Waals surface area contributed by atoms with Crippen LogP contribution in [-0.4, -0.2) is 54.5 Å². The zero-order valence-corrected chi connectivity index (χ0v) is 17.7. The summed E-state index contributed by atoms with van der Waals surface area (Å²) in [6, 6.07) is 15.4. The number of benzene rings is 3. The number of phenols is 2. The number of hydrogen-bond donors (Lipinski definition) is 2. The van der Waals surface area contributed by atoms with Gasteiger partial charge in [-0.1, -0.05) is 30.3 Å². The van der Waals surface area contributed by atoms with Crippen molar-refractivity contribution in [3.05, 3.63) is 65.7 Å². The van der Waals surface area contributed by atoms with Gasteiger partial charge >= 0.3 is 5.97 Å². The van der Waals surface area contributed by atoms with E-state index in [4.69, 9.17) is 4.74 Å². The number of fused-ring (bicyclic) bond motifs is 1. The predicted molar refractivity (Wildman–Crippen MR) is 114 cm³/mol.